The lowest BCUT2D eigenvalue weighted by molar-refractivity contribution is 0.0216. The van der Waals surface area contributed by atoms with Gasteiger partial charge in [-0.2, -0.15) is 10.5 Å². The van der Waals surface area contributed by atoms with Crippen LogP contribution in [0.4, 0.5) is 10.6 Å². The van der Waals surface area contributed by atoms with Gasteiger partial charge in [0.05, 0.1) is 0 Å². The number of hydrogen-bond donors (Lipinski definition) is 1. The van der Waals surface area contributed by atoms with E-state index in [-0.39, 0.29) is 17.4 Å². The molecule has 36 heavy (non-hydrogen) atoms. The van der Waals surface area contributed by atoms with E-state index in [1.54, 1.807) is 11.0 Å². The molecule has 2 aromatic heterocycles. The molecule has 11 nitrogen and oxygen atoms in total. The molecule has 2 fully saturated rings. The first kappa shape index (κ1) is 28.7. The topological polar surface area (TPSA) is 144 Å². The lowest BCUT2D eigenvalue weighted by Gasteiger charge is -2.29. The second kappa shape index (κ2) is 14.8. The molecule has 0 atom stereocenters. The van der Waals surface area contributed by atoms with Crippen molar-refractivity contribution in [3.05, 3.63) is 40.8 Å². The van der Waals surface area contributed by atoms with Crippen molar-refractivity contribution >= 4 is 23.5 Å². The van der Waals surface area contributed by atoms with Gasteiger partial charge in [-0.25, -0.2) is 4.79 Å². The highest BCUT2D eigenvalue weighted by atomic mass is 35.5. The van der Waals surface area contributed by atoms with E-state index in [9.17, 15) is 4.79 Å². The Labute approximate surface area is 217 Å². The molecular weight excluding hydrogens is 482 g/mol. The average molecular weight is 514 g/mol. The van der Waals surface area contributed by atoms with Gasteiger partial charge in [-0.3, -0.25) is 0 Å². The molecule has 2 aliphatic heterocycles. The van der Waals surface area contributed by atoms with Gasteiger partial charge in [0, 0.05) is 39.3 Å². The second-order valence-corrected chi connectivity index (χ2v) is 9.39. The molecule has 1 amide bonds. The fourth-order valence-corrected chi connectivity index (χ4v) is 3.33. The minimum absolute atomic E-state index is 0.160. The first-order valence-corrected chi connectivity index (χ1v) is 12.2. The van der Waals surface area contributed by atoms with Crippen molar-refractivity contribution < 1.29 is 9.53 Å². The van der Waals surface area contributed by atoms with Gasteiger partial charge in [-0.05, 0) is 64.3 Å². The van der Waals surface area contributed by atoms with E-state index in [1.165, 1.54) is 18.6 Å². The van der Waals surface area contributed by atoms with E-state index in [0.717, 1.165) is 57.9 Å². The Morgan fingerprint density at radius 2 is 1.50 bits per heavy atom. The summed E-state index contributed by atoms with van der Waals surface area (Å²) >= 11 is 5.39. The molecule has 12 heteroatoms. The maximum absolute atomic E-state index is 11.5. The molecule has 2 saturated heterocycles. The second-order valence-electron chi connectivity index (χ2n) is 9.01. The van der Waals surface area contributed by atoms with Gasteiger partial charge in [0.2, 0.25) is 0 Å². The maximum Gasteiger partial charge on any atom is 0.410 e. The van der Waals surface area contributed by atoms with Gasteiger partial charge in [0.1, 0.15) is 17.7 Å². The predicted octanol–water partition coefficient (Wildman–Crippen LogP) is 3.17. The van der Waals surface area contributed by atoms with Crippen molar-refractivity contribution in [3.8, 4) is 12.1 Å². The minimum atomic E-state index is -0.367. The molecule has 0 bridgehead atoms. The summed E-state index contributed by atoms with van der Waals surface area (Å²) in [4.78, 5) is 15.5. The molecule has 2 aliphatic rings. The maximum atomic E-state index is 11.5. The summed E-state index contributed by atoms with van der Waals surface area (Å²) in [6.07, 6.45) is 3.30. The van der Waals surface area contributed by atoms with Crippen LogP contribution in [-0.2, 0) is 4.74 Å². The lowest BCUT2D eigenvalue weighted by atomic mass is 10.1. The lowest BCUT2D eigenvalue weighted by Crippen LogP contribution is -2.43. The molecule has 0 spiro atoms. The largest absolute Gasteiger partial charge is 0.444 e. The molecule has 1 N–H and O–H groups in total. The predicted molar refractivity (Wildman–Crippen MR) is 135 cm³/mol. The number of anilines is 1. The Kier molecular flexibility index (Phi) is 11.8. The molecule has 0 saturated carbocycles. The monoisotopic (exact) mass is 513 g/mol. The Bertz CT molecular complexity index is 1020. The summed E-state index contributed by atoms with van der Waals surface area (Å²) < 4.78 is 5.26. The summed E-state index contributed by atoms with van der Waals surface area (Å²) in [5, 5.41) is 35.1. The van der Waals surface area contributed by atoms with Gasteiger partial charge in [-0.1, -0.05) is 11.6 Å². The number of ether oxygens (including phenoxy) is 1. The van der Waals surface area contributed by atoms with Crippen molar-refractivity contribution in [2.45, 2.75) is 45.6 Å². The van der Waals surface area contributed by atoms with Crippen LogP contribution in [0.25, 0.3) is 0 Å². The number of nitriles is 2. The van der Waals surface area contributed by atoms with E-state index in [0.29, 0.717) is 10.8 Å². The van der Waals surface area contributed by atoms with E-state index in [1.807, 2.05) is 39.0 Å². The summed E-state index contributed by atoms with van der Waals surface area (Å²) in [6, 6.07) is 10.3. The van der Waals surface area contributed by atoms with Crippen LogP contribution in [0, 0.1) is 22.7 Å². The van der Waals surface area contributed by atoms with E-state index < -0.39 is 0 Å². The number of amides is 1. The van der Waals surface area contributed by atoms with Crippen LogP contribution in [0.1, 0.15) is 51.4 Å². The minimum Gasteiger partial charge on any atom is -0.444 e. The number of piperazine rings is 1. The number of aromatic nitrogens is 4. The van der Waals surface area contributed by atoms with Crippen molar-refractivity contribution in [1.29, 1.82) is 10.5 Å². The first-order valence-electron chi connectivity index (χ1n) is 11.8. The van der Waals surface area contributed by atoms with Gasteiger partial charge in [-0.15, -0.1) is 20.4 Å². The third kappa shape index (κ3) is 10.8. The van der Waals surface area contributed by atoms with E-state index in [4.69, 9.17) is 26.9 Å². The number of hydrogen-bond acceptors (Lipinski definition) is 10. The van der Waals surface area contributed by atoms with Crippen molar-refractivity contribution in [3.63, 3.8) is 0 Å². The Balaban J connectivity index is 0.000000195. The van der Waals surface area contributed by atoms with Crippen LogP contribution in [0.2, 0.25) is 5.15 Å². The zero-order valence-corrected chi connectivity index (χ0v) is 21.7. The highest BCUT2D eigenvalue weighted by Gasteiger charge is 2.22. The van der Waals surface area contributed by atoms with Crippen molar-refractivity contribution in [2.24, 2.45) is 0 Å². The molecule has 0 radical (unpaired) electrons. The third-order valence-electron chi connectivity index (χ3n) is 4.96. The van der Waals surface area contributed by atoms with Gasteiger partial charge >= 0.3 is 6.09 Å². The zero-order valence-electron chi connectivity index (χ0n) is 20.9. The smallest absolute Gasteiger partial charge is 0.410 e. The van der Waals surface area contributed by atoms with Crippen LogP contribution < -0.4 is 10.2 Å². The number of nitrogens with zero attached hydrogens (tertiary/aromatic N) is 8. The number of rotatable bonds is 1. The van der Waals surface area contributed by atoms with Crippen molar-refractivity contribution in [2.75, 3.05) is 44.2 Å². The Morgan fingerprint density at radius 1 is 0.917 bits per heavy atom. The van der Waals surface area contributed by atoms with Crippen LogP contribution in [0.5, 0.6) is 0 Å². The molecular formula is C24H32ClN9O2. The van der Waals surface area contributed by atoms with Crippen LogP contribution >= 0.6 is 11.6 Å². The SMILES string of the molecule is CC(C)(C)OC(=O)N1CCCCC1.N#Cc1ccc(Cl)nn1.N#Cc1ccc(N2CCNCC2)nn1. The summed E-state index contributed by atoms with van der Waals surface area (Å²) in [7, 11) is 0. The van der Waals surface area contributed by atoms with E-state index in [2.05, 4.69) is 30.6 Å². The first-order chi connectivity index (χ1) is 17.2. The molecule has 2 aromatic rings. The van der Waals surface area contributed by atoms with Crippen LogP contribution in [0.3, 0.4) is 0 Å². The number of likely N-dealkylation sites (tertiary alicyclic amines) is 1. The number of carbonyl (C=O) groups excluding carboxylic acids is 1. The van der Waals surface area contributed by atoms with Gasteiger partial charge in [0.25, 0.3) is 0 Å². The van der Waals surface area contributed by atoms with Gasteiger partial charge in [0.15, 0.2) is 22.4 Å². The summed E-state index contributed by atoms with van der Waals surface area (Å²) in [5.74, 6) is 0.852. The molecule has 0 aromatic carbocycles. The van der Waals surface area contributed by atoms with Crippen LogP contribution in [0.15, 0.2) is 24.3 Å². The summed E-state index contributed by atoms with van der Waals surface area (Å²) in [5.41, 5.74) is 0.275. The Morgan fingerprint density at radius 3 is 1.97 bits per heavy atom. The Hall–Kier alpha value is -3.54. The molecule has 0 unspecified atom stereocenters. The normalized spacial score (nSPS) is 15.2. The van der Waals surface area contributed by atoms with Crippen molar-refractivity contribution in [1.82, 2.24) is 30.6 Å². The average Bonchev–Trinajstić information content (AvgIpc) is 2.90. The zero-order chi connectivity index (χ0) is 26.4. The number of halogens is 1. The molecule has 4 heterocycles. The number of piperidine rings is 1. The van der Waals surface area contributed by atoms with E-state index >= 15 is 0 Å². The summed E-state index contributed by atoms with van der Waals surface area (Å²) in [6.45, 7) is 11.2. The standard InChI is InChI=1S/C10H19NO2.C9H11N5.C5H2ClN3/c1-10(2,3)13-9(12)11-7-5-4-6-8-11;10-7-8-1-2-9(13-12-8)14-5-3-11-4-6-14;6-5-2-1-4(3-7)8-9-5/h4-8H2,1-3H3;1-2,11H,3-6H2;1-2H. The highest BCUT2D eigenvalue weighted by molar-refractivity contribution is 6.29. The van der Waals surface area contributed by atoms with Gasteiger partial charge < -0.3 is 19.9 Å². The molecule has 0 aliphatic carbocycles. The fourth-order valence-electron chi connectivity index (χ4n) is 3.23. The highest BCUT2D eigenvalue weighted by Crippen LogP contribution is 2.14. The number of carbonyl (C=O) groups is 1. The molecule has 192 valence electrons. The fraction of sp³-hybridized carbons (Fsp3) is 0.542. The quantitative estimate of drug-likeness (QED) is 0.603. The number of nitrogens with one attached hydrogen (secondary N) is 1. The third-order valence-corrected chi connectivity index (χ3v) is 5.16. The molecule has 4 rings (SSSR count). The van der Waals surface area contributed by atoms with Crippen LogP contribution in [-0.4, -0.2) is 76.3 Å².